The van der Waals surface area contributed by atoms with E-state index in [0.717, 1.165) is 11.1 Å². The molecule has 2 aromatic carbocycles. The summed E-state index contributed by atoms with van der Waals surface area (Å²) in [4.78, 5) is 38.8. The van der Waals surface area contributed by atoms with Gasteiger partial charge >= 0.3 is 6.09 Å². The number of ether oxygens (including phenoxy) is 1. The number of likely N-dealkylation sites (tertiary alicyclic amines) is 1. The van der Waals surface area contributed by atoms with E-state index in [-0.39, 0.29) is 30.4 Å². The van der Waals surface area contributed by atoms with E-state index < -0.39 is 0 Å². The summed E-state index contributed by atoms with van der Waals surface area (Å²) in [6.45, 7) is 5.23. The van der Waals surface area contributed by atoms with Crippen molar-refractivity contribution in [1.29, 1.82) is 0 Å². The van der Waals surface area contributed by atoms with Crippen LogP contribution >= 0.6 is 0 Å². The van der Waals surface area contributed by atoms with Gasteiger partial charge in [-0.15, -0.1) is 0 Å². The SMILES string of the molecule is CCOC(=O)N1CCC(NC(=O)c2cccc(-n3cc(NC(=O)Cc4cccc(C)c4)cn3)c2)CC1. The number of aryl methyl sites for hydroxylation is 1. The van der Waals surface area contributed by atoms with Crippen molar-refractivity contribution in [3.8, 4) is 5.69 Å². The number of anilines is 1. The van der Waals surface area contributed by atoms with Crippen molar-refractivity contribution in [1.82, 2.24) is 20.0 Å². The number of piperidine rings is 1. The van der Waals surface area contributed by atoms with Crippen molar-refractivity contribution in [3.63, 3.8) is 0 Å². The van der Waals surface area contributed by atoms with Gasteiger partial charge in [-0.05, 0) is 50.5 Å². The van der Waals surface area contributed by atoms with Crippen LogP contribution in [-0.2, 0) is 16.0 Å². The Morgan fingerprint density at radius 1 is 1.08 bits per heavy atom. The molecular weight excluding hydrogens is 458 g/mol. The lowest BCUT2D eigenvalue weighted by Crippen LogP contribution is -2.46. The molecule has 0 radical (unpaired) electrons. The first kappa shape index (κ1) is 25.0. The number of carbonyl (C=O) groups is 3. The minimum absolute atomic E-state index is 0.00764. The topological polar surface area (TPSA) is 106 Å². The number of hydrogen-bond donors (Lipinski definition) is 2. The van der Waals surface area contributed by atoms with Crippen molar-refractivity contribution >= 4 is 23.6 Å². The molecule has 1 fully saturated rings. The Labute approximate surface area is 210 Å². The molecule has 0 unspecified atom stereocenters. The summed E-state index contributed by atoms with van der Waals surface area (Å²) in [5.74, 6) is -0.299. The predicted octanol–water partition coefficient (Wildman–Crippen LogP) is 3.71. The zero-order valence-electron chi connectivity index (χ0n) is 20.6. The molecule has 2 heterocycles. The fourth-order valence-electron chi connectivity index (χ4n) is 4.22. The number of nitrogens with zero attached hydrogens (tertiary/aromatic N) is 3. The van der Waals surface area contributed by atoms with Crippen molar-refractivity contribution in [2.45, 2.75) is 39.2 Å². The zero-order valence-corrected chi connectivity index (χ0v) is 20.6. The zero-order chi connectivity index (χ0) is 25.5. The molecule has 3 amide bonds. The second kappa shape index (κ2) is 11.5. The maximum absolute atomic E-state index is 12.9. The average Bonchev–Trinajstić information content (AvgIpc) is 3.33. The van der Waals surface area contributed by atoms with E-state index in [1.807, 2.05) is 37.3 Å². The predicted molar refractivity (Wildman–Crippen MR) is 136 cm³/mol. The summed E-state index contributed by atoms with van der Waals surface area (Å²) in [5.41, 5.74) is 3.86. The molecule has 1 aliphatic heterocycles. The number of hydrogen-bond acceptors (Lipinski definition) is 5. The molecule has 2 N–H and O–H groups in total. The molecule has 1 aliphatic rings. The van der Waals surface area contributed by atoms with Gasteiger partial charge in [0.2, 0.25) is 5.91 Å². The first-order chi connectivity index (χ1) is 17.4. The molecule has 0 aliphatic carbocycles. The third-order valence-corrected chi connectivity index (χ3v) is 6.04. The van der Waals surface area contributed by atoms with Crippen LogP contribution < -0.4 is 10.6 Å². The number of aromatic nitrogens is 2. The number of benzene rings is 2. The normalized spacial score (nSPS) is 13.8. The highest BCUT2D eigenvalue weighted by Gasteiger charge is 2.25. The molecule has 0 atom stereocenters. The molecule has 9 heteroatoms. The van der Waals surface area contributed by atoms with E-state index in [2.05, 4.69) is 15.7 Å². The van der Waals surface area contributed by atoms with Crippen LogP contribution in [-0.4, -0.2) is 58.3 Å². The summed E-state index contributed by atoms with van der Waals surface area (Å²) in [5, 5.41) is 10.3. The number of amides is 3. The van der Waals surface area contributed by atoms with Gasteiger partial charge in [-0.3, -0.25) is 9.59 Å². The van der Waals surface area contributed by atoms with Crippen molar-refractivity contribution in [3.05, 3.63) is 77.6 Å². The Morgan fingerprint density at radius 3 is 2.61 bits per heavy atom. The second-order valence-corrected chi connectivity index (χ2v) is 8.87. The first-order valence-corrected chi connectivity index (χ1v) is 12.1. The summed E-state index contributed by atoms with van der Waals surface area (Å²) < 4.78 is 6.67. The Kier molecular flexibility index (Phi) is 7.99. The van der Waals surface area contributed by atoms with Crippen LogP contribution in [0.5, 0.6) is 0 Å². The molecule has 36 heavy (non-hydrogen) atoms. The molecular formula is C27H31N5O4. The van der Waals surface area contributed by atoms with E-state index >= 15 is 0 Å². The first-order valence-electron chi connectivity index (χ1n) is 12.1. The fourth-order valence-corrected chi connectivity index (χ4v) is 4.22. The molecule has 188 valence electrons. The molecule has 9 nitrogen and oxygen atoms in total. The van der Waals surface area contributed by atoms with Gasteiger partial charge in [-0.25, -0.2) is 9.48 Å². The Hall–Kier alpha value is -4.14. The maximum atomic E-state index is 12.9. The van der Waals surface area contributed by atoms with Gasteiger partial charge in [-0.2, -0.15) is 5.10 Å². The van der Waals surface area contributed by atoms with E-state index in [4.69, 9.17) is 4.74 Å². The van der Waals surface area contributed by atoms with Crippen LogP contribution in [0.4, 0.5) is 10.5 Å². The molecule has 0 spiro atoms. The Bertz CT molecular complexity index is 1230. The van der Waals surface area contributed by atoms with E-state index in [1.54, 1.807) is 47.1 Å². The summed E-state index contributed by atoms with van der Waals surface area (Å²) in [6.07, 6.45) is 4.62. The smallest absolute Gasteiger partial charge is 0.409 e. The van der Waals surface area contributed by atoms with Crippen LogP contribution in [0.25, 0.3) is 5.69 Å². The second-order valence-electron chi connectivity index (χ2n) is 8.87. The van der Waals surface area contributed by atoms with Gasteiger partial charge in [0.15, 0.2) is 0 Å². The van der Waals surface area contributed by atoms with Crippen LogP contribution in [0, 0.1) is 6.92 Å². The van der Waals surface area contributed by atoms with Gasteiger partial charge in [0.05, 0.1) is 36.8 Å². The molecule has 1 aromatic heterocycles. The van der Waals surface area contributed by atoms with Crippen LogP contribution in [0.15, 0.2) is 60.9 Å². The van der Waals surface area contributed by atoms with Crippen LogP contribution in [0.1, 0.15) is 41.3 Å². The highest BCUT2D eigenvalue weighted by Crippen LogP contribution is 2.16. The van der Waals surface area contributed by atoms with Gasteiger partial charge in [-0.1, -0.05) is 35.9 Å². The van der Waals surface area contributed by atoms with Gasteiger partial charge in [0.1, 0.15) is 0 Å². The molecule has 4 rings (SSSR count). The van der Waals surface area contributed by atoms with Crippen molar-refractivity contribution in [2.24, 2.45) is 0 Å². The summed E-state index contributed by atoms with van der Waals surface area (Å²) in [6, 6.07) is 15.0. The average molecular weight is 490 g/mol. The molecule has 3 aromatic rings. The summed E-state index contributed by atoms with van der Waals surface area (Å²) in [7, 11) is 0. The van der Waals surface area contributed by atoms with Gasteiger partial charge in [0, 0.05) is 24.7 Å². The standard InChI is InChI=1S/C27H31N5O4/c1-3-36-27(35)31-12-10-22(11-13-31)30-26(34)21-8-5-9-24(16-21)32-18-23(17-28-32)29-25(33)15-20-7-4-6-19(2)14-20/h4-9,14,16-18,22H,3,10-13,15H2,1-2H3,(H,29,33)(H,30,34). The number of nitrogens with one attached hydrogen (secondary N) is 2. The van der Waals surface area contributed by atoms with E-state index in [0.29, 0.717) is 49.5 Å². The molecule has 0 saturated carbocycles. The van der Waals surface area contributed by atoms with Crippen molar-refractivity contribution < 1.29 is 19.1 Å². The third-order valence-electron chi connectivity index (χ3n) is 6.04. The molecule has 1 saturated heterocycles. The number of carbonyl (C=O) groups excluding carboxylic acids is 3. The van der Waals surface area contributed by atoms with Crippen molar-refractivity contribution in [2.75, 3.05) is 25.0 Å². The highest BCUT2D eigenvalue weighted by atomic mass is 16.6. The Morgan fingerprint density at radius 2 is 1.86 bits per heavy atom. The quantitative estimate of drug-likeness (QED) is 0.526. The van der Waals surface area contributed by atoms with E-state index in [9.17, 15) is 14.4 Å². The monoisotopic (exact) mass is 489 g/mol. The largest absolute Gasteiger partial charge is 0.450 e. The van der Waals surface area contributed by atoms with Crippen LogP contribution in [0.3, 0.4) is 0 Å². The lowest BCUT2D eigenvalue weighted by molar-refractivity contribution is -0.115. The fraction of sp³-hybridized carbons (Fsp3) is 0.333. The highest BCUT2D eigenvalue weighted by molar-refractivity contribution is 5.95. The van der Waals surface area contributed by atoms with Crippen LogP contribution in [0.2, 0.25) is 0 Å². The third kappa shape index (κ3) is 6.50. The maximum Gasteiger partial charge on any atom is 0.409 e. The minimum Gasteiger partial charge on any atom is -0.450 e. The van der Waals surface area contributed by atoms with Gasteiger partial charge < -0.3 is 20.3 Å². The lowest BCUT2D eigenvalue weighted by atomic mass is 10.0. The van der Waals surface area contributed by atoms with E-state index in [1.165, 1.54) is 0 Å². The summed E-state index contributed by atoms with van der Waals surface area (Å²) >= 11 is 0. The lowest BCUT2D eigenvalue weighted by Gasteiger charge is -2.31. The number of rotatable bonds is 7. The molecule has 0 bridgehead atoms. The Balaban J connectivity index is 1.33. The van der Waals surface area contributed by atoms with Gasteiger partial charge in [0.25, 0.3) is 5.91 Å². The minimum atomic E-state index is -0.306.